The van der Waals surface area contributed by atoms with Gasteiger partial charge in [-0.3, -0.25) is 24.3 Å². The van der Waals surface area contributed by atoms with Crippen molar-refractivity contribution in [2.45, 2.75) is 32.4 Å². The normalized spacial score (nSPS) is 13.5. The molecule has 0 atom stereocenters. The summed E-state index contributed by atoms with van der Waals surface area (Å²) in [6.07, 6.45) is 3.14. The lowest BCUT2D eigenvalue weighted by Gasteiger charge is -2.29. The Morgan fingerprint density at radius 1 is 1.15 bits per heavy atom. The van der Waals surface area contributed by atoms with Crippen LogP contribution in [-0.2, 0) is 11.3 Å². The fourth-order valence-corrected chi connectivity index (χ4v) is 3.99. The highest BCUT2D eigenvalue weighted by atomic mass is 16.3. The average Bonchev–Trinajstić information content (AvgIpc) is 3.12. The number of pyridine rings is 1. The van der Waals surface area contributed by atoms with E-state index < -0.39 is 5.54 Å². The quantitative estimate of drug-likeness (QED) is 0.336. The number of hydrogen-bond acceptors (Lipinski definition) is 8. The zero-order valence-corrected chi connectivity index (χ0v) is 18.4. The van der Waals surface area contributed by atoms with Crippen molar-refractivity contribution in [1.82, 2.24) is 14.6 Å². The summed E-state index contributed by atoms with van der Waals surface area (Å²) in [6.45, 7) is 3.11. The Kier molecular flexibility index (Phi) is 5.69. The number of anilines is 2. The third-order valence-corrected chi connectivity index (χ3v) is 5.65. The number of carbonyl (C=O) groups excluding carboxylic acids is 2. The maximum absolute atomic E-state index is 13.3. The van der Waals surface area contributed by atoms with Crippen LogP contribution in [0.15, 0.2) is 60.0 Å². The third kappa shape index (κ3) is 4.08. The maximum atomic E-state index is 13.3. The van der Waals surface area contributed by atoms with E-state index in [0.29, 0.717) is 28.3 Å². The molecule has 0 aliphatic carbocycles. The average molecular weight is 447 g/mol. The highest BCUT2D eigenvalue weighted by Crippen LogP contribution is 2.41. The summed E-state index contributed by atoms with van der Waals surface area (Å²) >= 11 is 0. The summed E-state index contributed by atoms with van der Waals surface area (Å²) in [6, 6.07) is 12.8. The van der Waals surface area contributed by atoms with Gasteiger partial charge in [-0.1, -0.05) is 23.4 Å². The minimum absolute atomic E-state index is 0.103. The molecule has 1 aliphatic heterocycles. The van der Waals surface area contributed by atoms with Crippen LogP contribution >= 0.6 is 0 Å². The molecular weight excluding hydrogens is 422 g/mol. The molecule has 3 aromatic rings. The van der Waals surface area contributed by atoms with Gasteiger partial charge in [0.1, 0.15) is 5.54 Å². The van der Waals surface area contributed by atoms with Crippen molar-refractivity contribution in [3.05, 3.63) is 71.0 Å². The van der Waals surface area contributed by atoms with Crippen molar-refractivity contribution in [2.24, 2.45) is 11.0 Å². The van der Waals surface area contributed by atoms with Gasteiger partial charge >= 0.3 is 0 Å². The number of hydrogen-bond donors (Lipinski definition) is 2. The lowest BCUT2D eigenvalue weighted by atomic mass is 9.98. The summed E-state index contributed by atoms with van der Waals surface area (Å²) in [7, 11) is 0. The number of nitrogens with two attached hydrogens (primary N) is 2. The first-order valence-corrected chi connectivity index (χ1v) is 10.4. The van der Waals surface area contributed by atoms with Crippen molar-refractivity contribution in [1.29, 1.82) is 0 Å². The van der Waals surface area contributed by atoms with Gasteiger partial charge < -0.3 is 10.7 Å². The number of Topliss-reactive ketones (excluding diaryl/α,β-unsaturated/α-hetero) is 1. The number of hydrazine groups is 1. The highest BCUT2D eigenvalue weighted by molar-refractivity contribution is 6.10. The molecule has 10 nitrogen and oxygen atoms in total. The first-order valence-electron chi connectivity index (χ1n) is 10.4. The number of carbonyl (C=O) groups is 2. The van der Waals surface area contributed by atoms with Gasteiger partial charge in [0.15, 0.2) is 5.78 Å². The van der Waals surface area contributed by atoms with E-state index in [4.69, 9.17) is 11.7 Å². The number of nitrogens with zero attached hydrogens (tertiary/aromatic N) is 5. The molecule has 0 bridgehead atoms. The molecule has 0 spiro atoms. The molecule has 2 aromatic heterocycles. The van der Waals surface area contributed by atoms with Crippen molar-refractivity contribution < 1.29 is 9.59 Å². The zero-order chi connectivity index (χ0) is 23.8. The lowest BCUT2D eigenvalue weighted by molar-refractivity contribution is -0.132. The zero-order valence-electron chi connectivity index (χ0n) is 18.4. The number of benzene rings is 1. The number of ketones is 1. The standard InChI is InChI=1S/C23H25N7O3/c1-23(2,27-33)12-19(32)28-13-17-20(18(31)14-28)22(29(24)16-6-4-3-5-7-16)21(30(17)25)15-8-10-26-11-9-15/h3-11H,12-14,24-25H2,1-2H3. The highest BCUT2D eigenvalue weighted by Gasteiger charge is 2.37. The fourth-order valence-electron chi connectivity index (χ4n) is 3.99. The van der Waals surface area contributed by atoms with E-state index in [9.17, 15) is 14.5 Å². The molecule has 1 aliphatic rings. The number of nitrogen functional groups attached to an aromatic ring is 1. The molecule has 4 N–H and O–H groups in total. The van der Waals surface area contributed by atoms with Gasteiger partial charge in [-0.05, 0) is 38.1 Å². The Bertz CT molecular complexity index is 1210. The van der Waals surface area contributed by atoms with Gasteiger partial charge in [-0.2, -0.15) is 4.91 Å². The van der Waals surface area contributed by atoms with E-state index in [0.717, 1.165) is 5.56 Å². The van der Waals surface area contributed by atoms with Gasteiger partial charge in [0.05, 0.1) is 47.8 Å². The van der Waals surface area contributed by atoms with Crippen molar-refractivity contribution in [3.63, 3.8) is 0 Å². The predicted octanol–water partition coefficient (Wildman–Crippen LogP) is 2.74. The van der Waals surface area contributed by atoms with Crippen LogP contribution in [-0.4, -0.2) is 38.3 Å². The Morgan fingerprint density at radius 2 is 1.82 bits per heavy atom. The summed E-state index contributed by atoms with van der Waals surface area (Å²) in [5, 5.41) is 4.45. The van der Waals surface area contributed by atoms with E-state index in [1.807, 2.05) is 30.3 Å². The molecule has 0 unspecified atom stereocenters. The maximum Gasteiger partial charge on any atom is 0.225 e. The summed E-state index contributed by atoms with van der Waals surface area (Å²) < 4.78 is 1.41. The van der Waals surface area contributed by atoms with Crippen LogP contribution in [0.1, 0.15) is 36.3 Å². The largest absolute Gasteiger partial charge is 0.339 e. The molecule has 10 heteroatoms. The van der Waals surface area contributed by atoms with Crippen LogP contribution in [0.3, 0.4) is 0 Å². The fraction of sp³-hybridized carbons (Fsp3) is 0.261. The van der Waals surface area contributed by atoms with Gasteiger partial charge in [-0.15, -0.1) is 0 Å². The van der Waals surface area contributed by atoms with Crippen LogP contribution < -0.4 is 16.7 Å². The minimum Gasteiger partial charge on any atom is -0.339 e. The molecule has 3 heterocycles. The predicted molar refractivity (Wildman–Crippen MR) is 125 cm³/mol. The molecule has 33 heavy (non-hydrogen) atoms. The summed E-state index contributed by atoms with van der Waals surface area (Å²) in [4.78, 5) is 42.7. The second-order valence-corrected chi connectivity index (χ2v) is 8.58. The van der Waals surface area contributed by atoms with Crippen LogP contribution in [0.5, 0.6) is 0 Å². The second kappa shape index (κ2) is 8.47. The topological polar surface area (TPSA) is 140 Å². The molecule has 1 amide bonds. The van der Waals surface area contributed by atoms with Crippen LogP contribution in [0, 0.1) is 4.91 Å². The molecule has 0 radical (unpaired) electrons. The Balaban J connectivity index is 1.84. The lowest BCUT2D eigenvalue weighted by Crippen LogP contribution is -2.43. The first kappa shape index (κ1) is 22.2. The Labute approximate surface area is 190 Å². The monoisotopic (exact) mass is 447 g/mol. The van der Waals surface area contributed by atoms with Crippen LogP contribution in [0.2, 0.25) is 0 Å². The molecule has 1 aromatic carbocycles. The first-order chi connectivity index (χ1) is 15.7. The van der Waals surface area contributed by atoms with Gasteiger partial charge in [0.2, 0.25) is 5.91 Å². The molecule has 0 saturated carbocycles. The molecule has 0 fully saturated rings. The van der Waals surface area contributed by atoms with Crippen LogP contribution in [0.25, 0.3) is 11.3 Å². The van der Waals surface area contributed by atoms with E-state index in [1.54, 1.807) is 38.4 Å². The van der Waals surface area contributed by atoms with E-state index in [2.05, 4.69) is 10.2 Å². The molecular formula is C23H25N7O3. The van der Waals surface area contributed by atoms with E-state index in [1.165, 1.54) is 14.6 Å². The third-order valence-electron chi connectivity index (χ3n) is 5.65. The Morgan fingerprint density at radius 3 is 2.45 bits per heavy atom. The smallest absolute Gasteiger partial charge is 0.225 e. The number of aromatic nitrogens is 2. The summed E-state index contributed by atoms with van der Waals surface area (Å²) in [5.41, 5.74) is 2.15. The SMILES string of the molecule is CC(C)(CC(=O)N1CC(=O)c2c(N(N)c3ccccc3)c(-c3ccncc3)n(N)c2C1)N=O. The minimum atomic E-state index is -1.07. The van der Waals surface area contributed by atoms with Gasteiger partial charge in [0.25, 0.3) is 0 Å². The Hall–Kier alpha value is -4.05. The van der Waals surface area contributed by atoms with Crippen molar-refractivity contribution in [2.75, 3.05) is 17.4 Å². The second-order valence-electron chi connectivity index (χ2n) is 8.58. The van der Waals surface area contributed by atoms with Crippen molar-refractivity contribution in [3.8, 4) is 11.3 Å². The molecule has 170 valence electrons. The van der Waals surface area contributed by atoms with E-state index in [-0.39, 0.29) is 31.2 Å². The van der Waals surface area contributed by atoms with Crippen molar-refractivity contribution >= 4 is 23.1 Å². The number of nitroso groups, excluding NO2 is 1. The number of amides is 1. The summed E-state index contributed by atoms with van der Waals surface area (Å²) in [5.74, 6) is 12.4. The van der Waals surface area contributed by atoms with Gasteiger partial charge in [-0.25, -0.2) is 5.84 Å². The van der Waals surface area contributed by atoms with E-state index >= 15 is 0 Å². The molecule has 0 saturated heterocycles. The number of para-hydroxylation sites is 1. The number of rotatable bonds is 6. The molecule has 4 rings (SSSR count). The number of fused-ring (bicyclic) bond motifs is 1. The van der Waals surface area contributed by atoms with Crippen LogP contribution in [0.4, 0.5) is 11.4 Å². The van der Waals surface area contributed by atoms with Gasteiger partial charge in [0, 0.05) is 18.0 Å².